The van der Waals surface area contributed by atoms with Gasteiger partial charge in [0.05, 0.1) is 0 Å². The molecular formula is C48H52. The Bertz CT molecular complexity index is 1990. The first-order chi connectivity index (χ1) is 23.2. The molecular weight excluding hydrogens is 577 g/mol. The Morgan fingerprint density at radius 1 is 0.771 bits per heavy atom. The van der Waals surface area contributed by atoms with Crippen LogP contribution in [0.3, 0.4) is 0 Å². The number of hydrogen-bond acceptors (Lipinski definition) is 0. The summed E-state index contributed by atoms with van der Waals surface area (Å²) < 4.78 is 0. The van der Waals surface area contributed by atoms with Crippen LogP contribution in [0.5, 0.6) is 0 Å². The van der Waals surface area contributed by atoms with Crippen molar-refractivity contribution in [2.75, 3.05) is 0 Å². The van der Waals surface area contributed by atoms with Crippen molar-refractivity contribution >= 4 is 16.8 Å². The van der Waals surface area contributed by atoms with Crippen molar-refractivity contribution in [3.8, 4) is 22.3 Å². The number of fused-ring (bicyclic) bond motifs is 8. The molecule has 0 aliphatic heterocycles. The smallest absolute Gasteiger partial charge is 0.0159 e. The highest BCUT2D eigenvalue weighted by molar-refractivity contribution is 5.92. The number of allylic oxidation sites excluding steroid dienone is 6. The number of hydrogen-bond donors (Lipinski definition) is 0. The van der Waals surface area contributed by atoms with Gasteiger partial charge in [0.1, 0.15) is 0 Å². The van der Waals surface area contributed by atoms with E-state index in [1.165, 1.54) is 107 Å². The van der Waals surface area contributed by atoms with E-state index in [0.717, 1.165) is 12.3 Å². The summed E-state index contributed by atoms with van der Waals surface area (Å²) in [6.45, 7) is 14.1. The Labute approximate surface area is 289 Å². The summed E-state index contributed by atoms with van der Waals surface area (Å²) in [6, 6.07) is 26.4. The summed E-state index contributed by atoms with van der Waals surface area (Å²) >= 11 is 0. The Kier molecular flexibility index (Phi) is 7.98. The van der Waals surface area contributed by atoms with Gasteiger partial charge in [-0.1, -0.05) is 137 Å². The van der Waals surface area contributed by atoms with Gasteiger partial charge in [-0.25, -0.2) is 0 Å². The van der Waals surface area contributed by atoms with E-state index in [4.69, 9.17) is 0 Å². The van der Waals surface area contributed by atoms with E-state index < -0.39 is 0 Å². The van der Waals surface area contributed by atoms with Crippen LogP contribution in [0.2, 0.25) is 0 Å². The summed E-state index contributed by atoms with van der Waals surface area (Å²) in [5, 5.41) is 2.85. The topological polar surface area (TPSA) is 0 Å². The first kappa shape index (κ1) is 31.4. The van der Waals surface area contributed by atoms with Gasteiger partial charge in [-0.15, -0.1) is 0 Å². The van der Waals surface area contributed by atoms with Crippen molar-refractivity contribution in [2.24, 2.45) is 17.3 Å². The predicted molar refractivity (Wildman–Crippen MR) is 208 cm³/mol. The average molecular weight is 629 g/mol. The van der Waals surface area contributed by atoms with Crippen molar-refractivity contribution in [3.05, 3.63) is 137 Å². The second-order valence-corrected chi connectivity index (χ2v) is 16.3. The zero-order chi connectivity index (χ0) is 33.0. The van der Waals surface area contributed by atoms with Gasteiger partial charge in [0.25, 0.3) is 0 Å². The fraction of sp³-hybridized carbons (Fsp3) is 0.375. The quantitative estimate of drug-likeness (QED) is 0.197. The zero-order valence-electron chi connectivity index (χ0n) is 29.6. The first-order valence-electron chi connectivity index (χ1n) is 18.8. The fourth-order valence-corrected chi connectivity index (χ4v) is 9.62. The summed E-state index contributed by atoms with van der Waals surface area (Å²) in [4.78, 5) is 0. The third kappa shape index (κ3) is 5.46. The minimum absolute atomic E-state index is 0.0249. The molecule has 3 unspecified atom stereocenters. The van der Waals surface area contributed by atoms with Crippen LogP contribution in [0, 0.1) is 17.3 Å². The van der Waals surface area contributed by atoms with Crippen molar-refractivity contribution in [1.29, 1.82) is 0 Å². The minimum atomic E-state index is -0.0249. The molecule has 4 aromatic carbocycles. The maximum absolute atomic E-state index is 4.60. The molecule has 48 heavy (non-hydrogen) atoms. The second-order valence-electron chi connectivity index (χ2n) is 16.3. The van der Waals surface area contributed by atoms with Gasteiger partial charge >= 0.3 is 0 Å². The molecule has 4 aromatic rings. The molecule has 0 bridgehead atoms. The first-order valence-corrected chi connectivity index (χ1v) is 18.8. The van der Waals surface area contributed by atoms with E-state index in [-0.39, 0.29) is 10.8 Å². The largest absolute Gasteiger partial charge is 0.0987 e. The maximum atomic E-state index is 4.60. The van der Waals surface area contributed by atoms with E-state index in [9.17, 15) is 0 Å². The lowest BCUT2D eigenvalue weighted by Gasteiger charge is -2.35. The second kappa shape index (κ2) is 12.2. The van der Waals surface area contributed by atoms with Crippen molar-refractivity contribution in [1.82, 2.24) is 0 Å². The predicted octanol–water partition coefficient (Wildman–Crippen LogP) is 13.5. The van der Waals surface area contributed by atoms with Crippen LogP contribution in [0.25, 0.3) is 39.1 Å². The molecule has 0 spiro atoms. The van der Waals surface area contributed by atoms with E-state index in [1.54, 1.807) is 11.1 Å². The third-order valence-corrected chi connectivity index (χ3v) is 12.6. The average Bonchev–Trinajstić information content (AvgIpc) is 3.35. The van der Waals surface area contributed by atoms with Gasteiger partial charge in [0.2, 0.25) is 0 Å². The van der Waals surface area contributed by atoms with Gasteiger partial charge in [0, 0.05) is 10.8 Å². The Morgan fingerprint density at radius 2 is 1.60 bits per heavy atom. The molecule has 0 saturated carbocycles. The van der Waals surface area contributed by atoms with Gasteiger partial charge in [0.15, 0.2) is 0 Å². The van der Waals surface area contributed by atoms with E-state index in [1.807, 2.05) is 0 Å². The summed E-state index contributed by atoms with van der Waals surface area (Å²) in [7, 11) is 0. The molecule has 0 heteroatoms. The lowest BCUT2D eigenvalue weighted by Crippen LogP contribution is -2.21. The molecule has 0 saturated heterocycles. The third-order valence-electron chi connectivity index (χ3n) is 12.6. The summed E-state index contributed by atoms with van der Waals surface area (Å²) in [6.07, 6.45) is 25.5. The fourth-order valence-electron chi connectivity index (χ4n) is 9.62. The molecule has 0 heterocycles. The summed E-state index contributed by atoms with van der Waals surface area (Å²) in [5.41, 5.74) is 14.3. The molecule has 244 valence electrons. The monoisotopic (exact) mass is 628 g/mol. The standard InChI is InChI=1S/C48H52/c1-32-34(14-8-6-7-11-28-47(32,2)3)16-12-13-33-18-24-42-44-31-38(23-27-45(44)48(4,5)46(42)29-33)37-20-19-36-22-25-40-39-17-10-9-15-35(39)21-26-41(40)43(36)30-37/h9,11-13,15,18-20,22-25,27-31,34-35,39H,1,6-8,10,14,16-17,21,26H2,2-5H3/b13-12+,28-11+. The highest BCUT2D eigenvalue weighted by Crippen LogP contribution is 2.51. The van der Waals surface area contributed by atoms with Crippen LogP contribution >= 0.6 is 0 Å². The lowest BCUT2D eigenvalue weighted by atomic mass is 9.70. The Balaban J connectivity index is 1.08. The van der Waals surface area contributed by atoms with Crippen LogP contribution in [0.4, 0.5) is 0 Å². The SMILES string of the molecule is C=C1C(C/C=C/c2ccc3c(c2)C(C)(C)c2ccc(-c4ccc5ccc6c(c5c4)CCC4C=CCCC64)cc2-3)CCCC/C=C/C1(C)C. The molecule has 0 radical (unpaired) electrons. The van der Waals surface area contributed by atoms with Crippen molar-refractivity contribution in [3.63, 3.8) is 0 Å². The normalized spacial score (nSPS) is 24.7. The van der Waals surface area contributed by atoms with Gasteiger partial charge < -0.3 is 0 Å². The van der Waals surface area contributed by atoms with Gasteiger partial charge in [-0.05, 0) is 142 Å². The number of benzene rings is 4. The van der Waals surface area contributed by atoms with Crippen LogP contribution in [-0.4, -0.2) is 0 Å². The van der Waals surface area contributed by atoms with E-state index in [2.05, 4.69) is 137 Å². The van der Waals surface area contributed by atoms with Crippen LogP contribution in [-0.2, 0) is 11.8 Å². The molecule has 4 aliphatic carbocycles. The molecule has 0 nitrogen and oxygen atoms in total. The molecule has 3 atom stereocenters. The number of aryl methyl sites for hydroxylation is 1. The molecule has 4 aliphatic rings. The van der Waals surface area contributed by atoms with Crippen LogP contribution < -0.4 is 0 Å². The van der Waals surface area contributed by atoms with E-state index in [0.29, 0.717) is 11.8 Å². The molecule has 0 aromatic heterocycles. The van der Waals surface area contributed by atoms with Gasteiger partial charge in [-0.3, -0.25) is 0 Å². The van der Waals surface area contributed by atoms with Crippen LogP contribution in [0.15, 0.2) is 109 Å². The summed E-state index contributed by atoms with van der Waals surface area (Å²) in [5.74, 6) is 1.96. The lowest BCUT2D eigenvalue weighted by molar-refractivity contribution is 0.410. The Morgan fingerprint density at radius 3 is 2.50 bits per heavy atom. The molecule has 0 amide bonds. The highest BCUT2D eigenvalue weighted by atomic mass is 14.4. The Hall–Kier alpha value is -3.90. The van der Waals surface area contributed by atoms with Crippen molar-refractivity contribution in [2.45, 2.75) is 96.8 Å². The highest BCUT2D eigenvalue weighted by Gasteiger charge is 2.36. The van der Waals surface area contributed by atoms with Crippen LogP contribution in [0.1, 0.15) is 113 Å². The zero-order valence-corrected chi connectivity index (χ0v) is 29.6. The minimum Gasteiger partial charge on any atom is -0.0987 e. The number of rotatable bonds is 4. The maximum Gasteiger partial charge on any atom is 0.0159 e. The molecule has 0 fully saturated rings. The molecule has 8 rings (SSSR count). The van der Waals surface area contributed by atoms with Crippen molar-refractivity contribution < 1.29 is 0 Å². The van der Waals surface area contributed by atoms with E-state index >= 15 is 0 Å². The van der Waals surface area contributed by atoms with Gasteiger partial charge in [-0.2, -0.15) is 0 Å². The molecule has 0 N–H and O–H groups in total.